The number of hydrogen-bond acceptors (Lipinski definition) is 6. The van der Waals surface area contributed by atoms with Gasteiger partial charge in [-0.1, -0.05) is 37.5 Å². The number of rotatable bonds is 8. The third kappa shape index (κ3) is 6.85. The van der Waals surface area contributed by atoms with Crippen LogP contribution in [-0.2, 0) is 14.3 Å². The number of nitrogens with one attached hydrogen (secondary N) is 2. The molecule has 9 nitrogen and oxygen atoms in total. The molecule has 4 N–H and O–H groups in total. The van der Waals surface area contributed by atoms with E-state index in [4.69, 9.17) is 4.74 Å². The van der Waals surface area contributed by atoms with Crippen molar-refractivity contribution < 1.29 is 29.3 Å². The van der Waals surface area contributed by atoms with Crippen LogP contribution in [-0.4, -0.2) is 63.4 Å². The highest BCUT2D eigenvalue weighted by molar-refractivity contribution is 5.93. The summed E-state index contributed by atoms with van der Waals surface area (Å²) in [6.07, 6.45) is 5.49. The summed E-state index contributed by atoms with van der Waals surface area (Å²) in [5.74, 6) is -1.06. The summed E-state index contributed by atoms with van der Waals surface area (Å²) in [6, 6.07) is 3.87. The molecule has 2 unspecified atom stereocenters. The van der Waals surface area contributed by atoms with E-state index in [2.05, 4.69) is 10.6 Å². The largest absolute Gasteiger partial charge is 0.508 e. The van der Waals surface area contributed by atoms with Gasteiger partial charge in [0.2, 0.25) is 11.8 Å². The van der Waals surface area contributed by atoms with E-state index in [0.29, 0.717) is 18.4 Å². The molecule has 0 aromatic heterocycles. The molecule has 3 rings (SSSR count). The Labute approximate surface area is 200 Å². The third-order valence-electron chi connectivity index (χ3n) is 6.08. The van der Waals surface area contributed by atoms with Gasteiger partial charge in [0.15, 0.2) is 0 Å². The Morgan fingerprint density at radius 2 is 1.74 bits per heavy atom. The molecule has 188 valence electrons. The molecule has 2 aliphatic carbocycles. The van der Waals surface area contributed by atoms with Crippen molar-refractivity contribution in [1.29, 1.82) is 0 Å². The van der Waals surface area contributed by atoms with E-state index < -0.39 is 36.3 Å². The van der Waals surface area contributed by atoms with Crippen LogP contribution in [0.3, 0.4) is 0 Å². The Hall–Kier alpha value is -2.81. The first-order chi connectivity index (χ1) is 16.1. The summed E-state index contributed by atoms with van der Waals surface area (Å²) in [5.41, 5.74) is -0.466. The number of hydrogen-bond donors (Lipinski definition) is 4. The molecule has 1 aromatic carbocycles. The van der Waals surface area contributed by atoms with Crippen molar-refractivity contribution in [3.05, 3.63) is 29.8 Å². The van der Waals surface area contributed by atoms with Crippen molar-refractivity contribution in [3.8, 4) is 5.75 Å². The van der Waals surface area contributed by atoms with E-state index in [1.165, 1.54) is 11.0 Å². The maximum Gasteiger partial charge on any atom is 0.408 e. The van der Waals surface area contributed by atoms with Gasteiger partial charge < -0.3 is 30.5 Å². The van der Waals surface area contributed by atoms with E-state index in [1.54, 1.807) is 39.0 Å². The first-order valence-corrected chi connectivity index (χ1v) is 12.1. The minimum absolute atomic E-state index is 0.0132. The Balaban J connectivity index is 1.89. The molecule has 0 heterocycles. The second-order valence-electron chi connectivity index (χ2n) is 10.2. The van der Waals surface area contributed by atoms with Crippen molar-refractivity contribution in [3.63, 3.8) is 0 Å². The average molecular weight is 476 g/mol. The molecule has 0 saturated heterocycles. The van der Waals surface area contributed by atoms with Crippen LogP contribution in [0.1, 0.15) is 77.3 Å². The molecular weight excluding hydrogens is 438 g/mol. The molecule has 2 aliphatic rings. The number of phenolic OH excluding ortho intramolecular Hbond substituents is 1. The zero-order chi connectivity index (χ0) is 24.9. The Kier molecular flexibility index (Phi) is 8.41. The second-order valence-corrected chi connectivity index (χ2v) is 10.2. The molecule has 1 aromatic rings. The van der Waals surface area contributed by atoms with E-state index in [0.717, 1.165) is 32.1 Å². The van der Waals surface area contributed by atoms with Gasteiger partial charge in [0.1, 0.15) is 23.4 Å². The lowest BCUT2D eigenvalue weighted by molar-refractivity contribution is -0.144. The van der Waals surface area contributed by atoms with Gasteiger partial charge in [-0.3, -0.25) is 9.59 Å². The standard InChI is InChI=1S/C25H37N3O6/c1-25(2,3)34-24(33)27-19(15-29)23(32)28(17-13-14-17)21(18-11-7-8-12-20(18)30)22(31)26-16-9-5-4-6-10-16/h7-8,11-12,16-17,19,21,29-30H,4-6,9-10,13-15H2,1-3H3,(H,26,31)(H,27,33). The molecule has 0 spiro atoms. The van der Waals surface area contributed by atoms with Crippen LogP contribution in [0.2, 0.25) is 0 Å². The topological polar surface area (TPSA) is 128 Å². The third-order valence-corrected chi connectivity index (χ3v) is 6.08. The lowest BCUT2D eigenvalue weighted by Gasteiger charge is -2.35. The number of para-hydroxylation sites is 1. The first kappa shape index (κ1) is 25.8. The van der Waals surface area contributed by atoms with Crippen LogP contribution in [0, 0.1) is 0 Å². The van der Waals surface area contributed by atoms with E-state index in [-0.39, 0.29) is 23.7 Å². The fourth-order valence-electron chi connectivity index (χ4n) is 4.35. The van der Waals surface area contributed by atoms with Gasteiger partial charge in [0.05, 0.1) is 6.61 Å². The van der Waals surface area contributed by atoms with Crippen LogP contribution in [0.15, 0.2) is 24.3 Å². The van der Waals surface area contributed by atoms with Gasteiger partial charge in [-0.2, -0.15) is 0 Å². The van der Waals surface area contributed by atoms with Crippen molar-refractivity contribution in [1.82, 2.24) is 15.5 Å². The van der Waals surface area contributed by atoms with Gasteiger partial charge in [0, 0.05) is 17.6 Å². The number of carbonyl (C=O) groups is 3. The molecule has 9 heteroatoms. The van der Waals surface area contributed by atoms with Gasteiger partial charge in [-0.25, -0.2) is 4.79 Å². The van der Waals surface area contributed by atoms with Crippen LogP contribution in [0.5, 0.6) is 5.75 Å². The number of phenols is 1. The highest BCUT2D eigenvalue weighted by Gasteiger charge is 2.45. The maximum atomic E-state index is 13.6. The first-order valence-electron chi connectivity index (χ1n) is 12.1. The number of aliphatic hydroxyl groups is 1. The number of alkyl carbamates (subject to hydrolysis) is 1. The smallest absolute Gasteiger partial charge is 0.408 e. The summed E-state index contributed by atoms with van der Waals surface area (Å²) >= 11 is 0. The summed E-state index contributed by atoms with van der Waals surface area (Å²) in [5, 5.41) is 26.0. The van der Waals surface area contributed by atoms with Crippen molar-refractivity contribution in [2.75, 3.05) is 6.61 Å². The highest BCUT2D eigenvalue weighted by Crippen LogP contribution is 2.38. The molecule has 2 saturated carbocycles. The number of benzene rings is 1. The predicted molar refractivity (Wildman–Crippen MR) is 126 cm³/mol. The molecule has 0 aliphatic heterocycles. The number of nitrogens with zero attached hydrogens (tertiary/aromatic N) is 1. The lowest BCUT2D eigenvalue weighted by atomic mass is 9.94. The lowest BCUT2D eigenvalue weighted by Crippen LogP contribution is -2.55. The summed E-state index contributed by atoms with van der Waals surface area (Å²) in [4.78, 5) is 40.9. The normalized spacial score (nSPS) is 18.5. The molecule has 0 bridgehead atoms. The van der Waals surface area contributed by atoms with Gasteiger partial charge >= 0.3 is 6.09 Å². The zero-order valence-corrected chi connectivity index (χ0v) is 20.3. The zero-order valence-electron chi connectivity index (χ0n) is 20.3. The second kappa shape index (κ2) is 11.1. The highest BCUT2D eigenvalue weighted by atomic mass is 16.6. The summed E-state index contributed by atoms with van der Waals surface area (Å²) in [7, 11) is 0. The minimum Gasteiger partial charge on any atom is -0.508 e. The molecule has 3 amide bonds. The summed E-state index contributed by atoms with van der Waals surface area (Å²) < 4.78 is 5.24. The quantitative estimate of drug-likeness (QED) is 0.458. The Morgan fingerprint density at radius 1 is 1.09 bits per heavy atom. The fraction of sp³-hybridized carbons (Fsp3) is 0.640. The fourth-order valence-corrected chi connectivity index (χ4v) is 4.35. The van der Waals surface area contributed by atoms with Crippen LogP contribution >= 0.6 is 0 Å². The molecule has 2 fully saturated rings. The number of carbonyl (C=O) groups excluding carboxylic acids is 3. The van der Waals surface area contributed by atoms with E-state index in [1.807, 2.05) is 0 Å². The van der Waals surface area contributed by atoms with Crippen LogP contribution in [0.4, 0.5) is 4.79 Å². The molecular formula is C25H37N3O6. The monoisotopic (exact) mass is 475 g/mol. The van der Waals surface area contributed by atoms with Crippen molar-refractivity contribution >= 4 is 17.9 Å². The maximum absolute atomic E-state index is 13.6. The number of aliphatic hydroxyl groups excluding tert-OH is 1. The number of aromatic hydroxyl groups is 1. The molecule has 34 heavy (non-hydrogen) atoms. The molecule has 2 atom stereocenters. The minimum atomic E-state index is -1.29. The van der Waals surface area contributed by atoms with Crippen LogP contribution < -0.4 is 10.6 Å². The van der Waals surface area contributed by atoms with Gasteiger partial charge in [0.25, 0.3) is 0 Å². The Morgan fingerprint density at radius 3 is 2.29 bits per heavy atom. The number of ether oxygens (including phenoxy) is 1. The van der Waals surface area contributed by atoms with E-state index >= 15 is 0 Å². The van der Waals surface area contributed by atoms with Gasteiger partial charge in [-0.05, 0) is 52.5 Å². The summed E-state index contributed by atoms with van der Waals surface area (Å²) in [6.45, 7) is 4.44. The van der Waals surface area contributed by atoms with Crippen LogP contribution in [0.25, 0.3) is 0 Å². The average Bonchev–Trinajstić information content (AvgIpc) is 3.60. The molecule has 0 radical (unpaired) electrons. The number of amides is 3. The SMILES string of the molecule is CC(C)(C)OC(=O)NC(CO)C(=O)N(C1CC1)C(C(=O)NC1CCCCC1)c1ccccc1O. The Bertz CT molecular complexity index is 874. The van der Waals surface area contributed by atoms with Crippen molar-refractivity contribution in [2.45, 2.75) is 95.5 Å². The van der Waals surface area contributed by atoms with Gasteiger partial charge in [-0.15, -0.1) is 0 Å². The van der Waals surface area contributed by atoms with Crippen molar-refractivity contribution in [2.24, 2.45) is 0 Å². The predicted octanol–water partition coefficient (Wildman–Crippen LogP) is 2.76. The van der Waals surface area contributed by atoms with E-state index in [9.17, 15) is 24.6 Å².